The lowest BCUT2D eigenvalue weighted by atomic mass is 10.2. The van der Waals surface area contributed by atoms with E-state index in [4.69, 9.17) is 14.6 Å². The molecule has 1 aromatic rings. The minimum absolute atomic E-state index is 0.315. The number of hydrogen-bond donors (Lipinski definition) is 1. The van der Waals surface area contributed by atoms with Gasteiger partial charge in [-0.3, -0.25) is 0 Å². The van der Waals surface area contributed by atoms with Gasteiger partial charge in [0.25, 0.3) is 0 Å². The first-order chi connectivity index (χ1) is 8.24. The van der Waals surface area contributed by atoms with Crippen LogP contribution in [-0.4, -0.2) is 43.8 Å². The Kier molecular flexibility index (Phi) is 6.69. The lowest BCUT2D eigenvalue weighted by molar-refractivity contribution is 0.0696. The van der Waals surface area contributed by atoms with Crippen LogP contribution in [0.2, 0.25) is 0 Å². The normalized spacial score (nSPS) is 10.4. The third-order valence-corrected chi connectivity index (χ3v) is 2.97. The van der Waals surface area contributed by atoms with Gasteiger partial charge in [0.2, 0.25) is 0 Å². The maximum atomic E-state index is 10.8. The van der Waals surface area contributed by atoms with E-state index in [2.05, 4.69) is 0 Å². The molecule has 1 rings (SSSR count). The Morgan fingerprint density at radius 1 is 1.35 bits per heavy atom. The van der Waals surface area contributed by atoms with Crippen molar-refractivity contribution < 1.29 is 19.4 Å². The molecule has 0 unspecified atom stereocenters. The van der Waals surface area contributed by atoms with E-state index in [0.717, 1.165) is 10.6 Å². The highest BCUT2D eigenvalue weighted by Crippen LogP contribution is 2.18. The van der Waals surface area contributed by atoms with Crippen molar-refractivity contribution in [2.24, 2.45) is 0 Å². The summed E-state index contributed by atoms with van der Waals surface area (Å²) in [5.41, 5.74) is 0.315. The highest BCUT2D eigenvalue weighted by atomic mass is 32.2. The molecule has 0 aromatic heterocycles. The lowest BCUT2D eigenvalue weighted by Crippen LogP contribution is -2.04. The molecule has 0 saturated heterocycles. The Labute approximate surface area is 105 Å². The number of carbonyl (C=O) groups is 1. The summed E-state index contributed by atoms with van der Waals surface area (Å²) in [5, 5.41) is 8.83. The van der Waals surface area contributed by atoms with Gasteiger partial charge in [0.1, 0.15) is 0 Å². The molecule has 0 atom stereocenters. The third-order valence-electron chi connectivity index (χ3n) is 2.01. The molecule has 17 heavy (non-hydrogen) atoms. The molecule has 0 fully saturated rings. The molecule has 5 heteroatoms. The minimum atomic E-state index is -0.899. The van der Waals surface area contributed by atoms with Crippen LogP contribution in [0.5, 0.6) is 0 Å². The van der Waals surface area contributed by atoms with Crippen LogP contribution >= 0.6 is 11.8 Å². The molecule has 0 amide bonds. The van der Waals surface area contributed by atoms with Crippen molar-refractivity contribution >= 4 is 17.7 Å². The van der Waals surface area contributed by atoms with E-state index in [-0.39, 0.29) is 0 Å². The zero-order chi connectivity index (χ0) is 12.5. The Morgan fingerprint density at radius 3 is 2.88 bits per heavy atom. The Morgan fingerprint density at radius 2 is 2.18 bits per heavy atom. The second-order valence-electron chi connectivity index (χ2n) is 3.29. The maximum absolute atomic E-state index is 10.8. The Balaban J connectivity index is 2.27. The summed E-state index contributed by atoms with van der Waals surface area (Å²) >= 11 is 1.58. The molecule has 0 heterocycles. The lowest BCUT2D eigenvalue weighted by Gasteiger charge is -2.04. The number of ether oxygens (including phenoxy) is 2. The average Bonchev–Trinajstić information content (AvgIpc) is 2.34. The van der Waals surface area contributed by atoms with Crippen LogP contribution in [0.3, 0.4) is 0 Å². The molecular formula is C12H16O4S. The van der Waals surface area contributed by atoms with E-state index in [1.165, 1.54) is 0 Å². The van der Waals surface area contributed by atoms with Gasteiger partial charge in [0, 0.05) is 17.8 Å². The van der Waals surface area contributed by atoms with E-state index >= 15 is 0 Å². The summed E-state index contributed by atoms with van der Waals surface area (Å²) in [6.45, 7) is 1.82. The van der Waals surface area contributed by atoms with Crippen LogP contribution < -0.4 is 0 Å². The standard InChI is InChI=1S/C12H16O4S/c1-15-5-6-16-7-8-17-11-4-2-3-10(9-11)12(13)14/h2-4,9H,5-8H2,1H3,(H,13,14). The molecule has 0 aliphatic heterocycles. The van der Waals surface area contributed by atoms with Gasteiger partial charge in [0.05, 0.1) is 25.4 Å². The first-order valence-corrected chi connectivity index (χ1v) is 6.25. The van der Waals surface area contributed by atoms with E-state index in [1.54, 1.807) is 37.1 Å². The molecular weight excluding hydrogens is 240 g/mol. The maximum Gasteiger partial charge on any atom is 0.335 e. The van der Waals surface area contributed by atoms with Crippen molar-refractivity contribution in [1.29, 1.82) is 0 Å². The summed E-state index contributed by atoms with van der Waals surface area (Å²) in [7, 11) is 1.63. The first-order valence-electron chi connectivity index (χ1n) is 5.27. The number of hydrogen-bond acceptors (Lipinski definition) is 4. The second-order valence-corrected chi connectivity index (χ2v) is 4.45. The Bertz CT molecular complexity index is 354. The van der Waals surface area contributed by atoms with Gasteiger partial charge in [-0.05, 0) is 18.2 Å². The van der Waals surface area contributed by atoms with E-state index in [0.29, 0.717) is 25.4 Å². The molecule has 0 aliphatic rings. The number of rotatable bonds is 8. The van der Waals surface area contributed by atoms with Gasteiger partial charge in [-0.15, -0.1) is 11.8 Å². The van der Waals surface area contributed by atoms with Gasteiger partial charge in [0.15, 0.2) is 0 Å². The predicted octanol–water partition coefficient (Wildman–Crippen LogP) is 2.14. The topological polar surface area (TPSA) is 55.8 Å². The van der Waals surface area contributed by atoms with Crippen LogP contribution in [0.4, 0.5) is 0 Å². The SMILES string of the molecule is COCCOCCSc1cccc(C(=O)O)c1. The largest absolute Gasteiger partial charge is 0.478 e. The van der Waals surface area contributed by atoms with Crippen molar-refractivity contribution in [3.63, 3.8) is 0 Å². The van der Waals surface area contributed by atoms with E-state index < -0.39 is 5.97 Å². The molecule has 0 radical (unpaired) electrons. The number of methoxy groups -OCH3 is 1. The van der Waals surface area contributed by atoms with Gasteiger partial charge < -0.3 is 14.6 Å². The summed E-state index contributed by atoms with van der Waals surface area (Å²) in [5.74, 6) is -0.101. The van der Waals surface area contributed by atoms with Gasteiger partial charge in [-0.25, -0.2) is 4.79 Å². The van der Waals surface area contributed by atoms with Crippen molar-refractivity contribution in [2.45, 2.75) is 4.90 Å². The summed E-state index contributed by atoms with van der Waals surface area (Å²) < 4.78 is 10.2. The van der Waals surface area contributed by atoms with Crippen molar-refractivity contribution in [2.75, 3.05) is 32.7 Å². The highest BCUT2D eigenvalue weighted by molar-refractivity contribution is 7.99. The molecule has 1 N–H and O–H groups in total. The smallest absolute Gasteiger partial charge is 0.335 e. The number of thioether (sulfide) groups is 1. The first kappa shape index (κ1) is 14.0. The average molecular weight is 256 g/mol. The van der Waals surface area contributed by atoms with Gasteiger partial charge in [-0.1, -0.05) is 6.07 Å². The van der Waals surface area contributed by atoms with Crippen molar-refractivity contribution in [3.05, 3.63) is 29.8 Å². The molecule has 94 valence electrons. The molecule has 0 spiro atoms. The zero-order valence-corrected chi connectivity index (χ0v) is 10.5. The fraction of sp³-hybridized carbons (Fsp3) is 0.417. The van der Waals surface area contributed by atoms with Crippen molar-refractivity contribution in [3.8, 4) is 0 Å². The third kappa shape index (κ3) is 5.72. The second kappa shape index (κ2) is 8.11. The van der Waals surface area contributed by atoms with Gasteiger partial charge >= 0.3 is 5.97 Å². The number of carboxylic acids is 1. The summed E-state index contributed by atoms with van der Waals surface area (Å²) in [6, 6.07) is 6.90. The molecule has 4 nitrogen and oxygen atoms in total. The molecule has 1 aromatic carbocycles. The van der Waals surface area contributed by atoms with Gasteiger partial charge in [-0.2, -0.15) is 0 Å². The van der Waals surface area contributed by atoms with Crippen LogP contribution in [0, 0.1) is 0 Å². The molecule has 0 bridgehead atoms. The summed E-state index contributed by atoms with van der Waals surface area (Å²) in [4.78, 5) is 11.7. The highest BCUT2D eigenvalue weighted by Gasteiger charge is 2.03. The fourth-order valence-corrected chi connectivity index (χ4v) is 2.00. The molecule has 0 aliphatic carbocycles. The van der Waals surface area contributed by atoms with E-state index in [1.807, 2.05) is 6.07 Å². The monoisotopic (exact) mass is 256 g/mol. The minimum Gasteiger partial charge on any atom is -0.478 e. The Hall–Kier alpha value is -1.04. The molecule has 0 saturated carbocycles. The van der Waals surface area contributed by atoms with Crippen LogP contribution in [0.15, 0.2) is 29.2 Å². The number of aromatic carboxylic acids is 1. The predicted molar refractivity (Wildman–Crippen MR) is 66.8 cm³/mol. The quantitative estimate of drug-likeness (QED) is 0.570. The van der Waals surface area contributed by atoms with Crippen LogP contribution in [-0.2, 0) is 9.47 Å². The van der Waals surface area contributed by atoms with E-state index in [9.17, 15) is 4.79 Å². The number of benzene rings is 1. The fourth-order valence-electron chi connectivity index (χ4n) is 1.18. The van der Waals surface area contributed by atoms with Crippen molar-refractivity contribution in [1.82, 2.24) is 0 Å². The van der Waals surface area contributed by atoms with Crippen LogP contribution in [0.25, 0.3) is 0 Å². The zero-order valence-electron chi connectivity index (χ0n) is 9.72. The summed E-state index contributed by atoms with van der Waals surface area (Å²) in [6.07, 6.45) is 0. The van der Waals surface area contributed by atoms with Crippen LogP contribution in [0.1, 0.15) is 10.4 Å². The number of carboxylic acid groups (broad SMARTS) is 1.